The number of nitrogens with zero attached hydrogens (tertiary/aromatic N) is 1. The van der Waals surface area contributed by atoms with E-state index in [1.165, 1.54) is 12.0 Å². The summed E-state index contributed by atoms with van der Waals surface area (Å²) < 4.78 is 33.2. The van der Waals surface area contributed by atoms with Crippen LogP contribution in [0.3, 0.4) is 0 Å². The monoisotopic (exact) mass is 333 g/mol. The Hall–Kier alpha value is -1.31. The Morgan fingerprint density at radius 1 is 1.33 bits per heavy atom. The number of amides is 1. The Morgan fingerprint density at radius 3 is 2.52 bits per heavy atom. The molecule has 21 heavy (non-hydrogen) atoms. The lowest BCUT2D eigenvalue weighted by molar-refractivity contribution is 0.0852. The summed E-state index contributed by atoms with van der Waals surface area (Å²) in [6.45, 7) is 0.241. The van der Waals surface area contributed by atoms with Gasteiger partial charge in [-0.05, 0) is 5.56 Å². The van der Waals surface area contributed by atoms with E-state index in [2.05, 4.69) is 0 Å². The number of carbonyl (C=O) groups is 1. The molecule has 8 heteroatoms. The van der Waals surface area contributed by atoms with Gasteiger partial charge in [-0.2, -0.15) is 0 Å². The van der Waals surface area contributed by atoms with Crippen LogP contribution in [0.25, 0.3) is 0 Å². The number of halogens is 1. The summed E-state index contributed by atoms with van der Waals surface area (Å²) in [5.74, 6) is 0. The normalized spacial score (nSPS) is 22.3. The summed E-state index contributed by atoms with van der Waals surface area (Å²) in [5, 5.41) is -0.937. The number of methoxy groups -OCH3 is 1. The molecule has 116 valence electrons. The lowest BCUT2D eigenvalue weighted by Crippen LogP contribution is -2.31. The van der Waals surface area contributed by atoms with Gasteiger partial charge in [-0.3, -0.25) is 0 Å². The van der Waals surface area contributed by atoms with Gasteiger partial charge in [0.05, 0.1) is 12.6 Å². The van der Waals surface area contributed by atoms with Crippen LogP contribution in [0.15, 0.2) is 30.3 Å². The van der Waals surface area contributed by atoms with Crippen LogP contribution >= 0.6 is 10.7 Å². The number of ether oxygens (including phenoxy) is 2. The van der Waals surface area contributed by atoms with Gasteiger partial charge < -0.3 is 14.4 Å². The number of hydrogen-bond donors (Lipinski definition) is 0. The molecule has 0 unspecified atom stereocenters. The van der Waals surface area contributed by atoms with E-state index in [1.54, 1.807) is 0 Å². The molecule has 2 rings (SSSR count). The maximum Gasteiger partial charge on any atom is 0.410 e. The van der Waals surface area contributed by atoms with E-state index in [-0.39, 0.29) is 19.7 Å². The summed E-state index contributed by atoms with van der Waals surface area (Å²) >= 11 is 0. The maximum atomic E-state index is 12.0. The molecule has 1 aromatic carbocycles. The third-order valence-electron chi connectivity index (χ3n) is 3.34. The van der Waals surface area contributed by atoms with Crippen molar-refractivity contribution in [2.75, 3.05) is 20.2 Å². The zero-order chi connectivity index (χ0) is 15.5. The minimum absolute atomic E-state index is 0.0298. The van der Waals surface area contributed by atoms with Crippen molar-refractivity contribution in [3.05, 3.63) is 35.9 Å². The fraction of sp³-hybridized carbons (Fsp3) is 0.462. The van der Waals surface area contributed by atoms with Gasteiger partial charge in [-0.15, -0.1) is 0 Å². The van der Waals surface area contributed by atoms with Gasteiger partial charge in [0.25, 0.3) is 0 Å². The standard InChI is InChI=1S/C13H16ClNO5S/c1-19-11-7-15(8-12(11)21(14,17)18)13(16)20-9-10-5-3-2-4-6-10/h2-6,11-12H,7-9H2,1H3/t11-,12+/m0/s1. The van der Waals surface area contributed by atoms with Crippen molar-refractivity contribution in [1.82, 2.24) is 4.90 Å². The zero-order valence-corrected chi connectivity index (χ0v) is 13.0. The fourth-order valence-corrected chi connectivity index (χ4v) is 3.63. The Bertz CT molecular complexity index is 592. The van der Waals surface area contributed by atoms with E-state index in [9.17, 15) is 13.2 Å². The average Bonchev–Trinajstić information content (AvgIpc) is 2.90. The van der Waals surface area contributed by atoms with Crippen LogP contribution < -0.4 is 0 Å². The Balaban J connectivity index is 1.95. The lowest BCUT2D eigenvalue weighted by atomic mass is 10.2. The summed E-state index contributed by atoms with van der Waals surface area (Å²) in [5.41, 5.74) is 0.856. The average molecular weight is 334 g/mol. The highest BCUT2D eigenvalue weighted by molar-refractivity contribution is 8.14. The first kappa shape index (κ1) is 16.1. The first-order chi connectivity index (χ1) is 9.91. The Morgan fingerprint density at radius 2 is 2.00 bits per heavy atom. The van der Waals surface area contributed by atoms with Crippen molar-refractivity contribution in [3.63, 3.8) is 0 Å². The summed E-state index contributed by atoms with van der Waals surface area (Å²) in [7, 11) is 2.96. The first-order valence-electron chi connectivity index (χ1n) is 6.33. The van der Waals surface area contributed by atoms with Crippen LogP contribution in [-0.4, -0.2) is 51.0 Å². The van der Waals surface area contributed by atoms with Crippen molar-refractivity contribution >= 4 is 25.8 Å². The van der Waals surface area contributed by atoms with Crippen LogP contribution in [0.1, 0.15) is 5.56 Å². The molecule has 6 nitrogen and oxygen atoms in total. The van der Waals surface area contributed by atoms with Gasteiger partial charge in [-0.1, -0.05) is 30.3 Å². The molecule has 0 N–H and O–H groups in total. The third kappa shape index (κ3) is 4.09. The molecule has 1 saturated heterocycles. The molecule has 0 saturated carbocycles. The van der Waals surface area contributed by atoms with Crippen LogP contribution in [0.2, 0.25) is 0 Å². The van der Waals surface area contributed by atoms with E-state index in [1.807, 2.05) is 30.3 Å². The smallest absolute Gasteiger partial charge is 0.410 e. The minimum Gasteiger partial charge on any atom is -0.445 e. The molecule has 1 aromatic rings. The summed E-state index contributed by atoms with van der Waals surface area (Å²) in [4.78, 5) is 13.3. The largest absolute Gasteiger partial charge is 0.445 e. The van der Waals surface area contributed by atoms with Gasteiger partial charge in [-0.25, -0.2) is 13.2 Å². The van der Waals surface area contributed by atoms with E-state index in [0.717, 1.165) is 5.56 Å². The zero-order valence-electron chi connectivity index (χ0n) is 11.4. The van der Waals surface area contributed by atoms with Gasteiger partial charge in [0, 0.05) is 24.3 Å². The predicted molar refractivity (Wildman–Crippen MR) is 77.6 cm³/mol. The second-order valence-electron chi connectivity index (χ2n) is 4.73. The molecular formula is C13H16ClNO5S. The number of carbonyl (C=O) groups excluding carboxylic acids is 1. The van der Waals surface area contributed by atoms with Gasteiger partial charge in [0.1, 0.15) is 11.9 Å². The SMILES string of the molecule is CO[C@H]1CN(C(=O)OCc2ccccc2)C[C@H]1S(=O)(=O)Cl. The second kappa shape index (κ2) is 6.64. The number of hydrogen-bond acceptors (Lipinski definition) is 5. The topological polar surface area (TPSA) is 72.9 Å². The molecule has 1 amide bonds. The van der Waals surface area contributed by atoms with Crippen molar-refractivity contribution in [2.45, 2.75) is 18.0 Å². The molecule has 1 aliphatic rings. The molecule has 1 heterocycles. The number of rotatable bonds is 4. The van der Waals surface area contributed by atoms with Crippen molar-refractivity contribution < 1.29 is 22.7 Å². The van der Waals surface area contributed by atoms with Crippen LogP contribution in [-0.2, 0) is 25.1 Å². The highest BCUT2D eigenvalue weighted by atomic mass is 35.7. The quantitative estimate of drug-likeness (QED) is 0.782. The van der Waals surface area contributed by atoms with E-state index < -0.39 is 26.5 Å². The van der Waals surface area contributed by atoms with Crippen LogP contribution in [0, 0.1) is 0 Å². The number of benzene rings is 1. The van der Waals surface area contributed by atoms with Crippen molar-refractivity contribution in [2.24, 2.45) is 0 Å². The molecule has 2 atom stereocenters. The van der Waals surface area contributed by atoms with E-state index >= 15 is 0 Å². The predicted octanol–water partition coefficient (Wildman–Crippen LogP) is 1.59. The van der Waals surface area contributed by atoms with Gasteiger partial charge in [0.15, 0.2) is 0 Å². The minimum atomic E-state index is -3.80. The number of likely N-dealkylation sites (tertiary alicyclic amines) is 1. The van der Waals surface area contributed by atoms with Crippen LogP contribution in [0.4, 0.5) is 4.79 Å². The first-order valence-corrected chi connectivity index (χ1v) is 8.71. The molecule has 1 fully saturated rings. The van der Waals surface area contributed by atoms with Crippen molar-refractivity contribution in [3.8, 4) is 0 Å². The third-order valence-corrected chi connectivity index (χ3v) is 5.21. The molecule has 0 aliphatic carbocycles. The molecule has 0 aromatic heterocycles. The Kier molecular flexibility index (Phi) is 5.08. The lowest BCUT2D eigenvalue weighted by Gasteiger charge is -2.15. The van der Waals surface area contributed by atoms with Crippen LogP contribution in [0.5, 0.6) is 0 Å². The molecule has 1 aliphatic heterocycles. The highest BCUT2D eigenvalue weighted by Crippen LogP contribution is 2.23. The summed E-state index contributed by atoms with van der Waals surface area (Å²) in [6, 6.07) is 9.22. The Labute approximate surface area is 128 Å². The van der Waals surface area contributed by atoms with E-state index in [4.69, 9.17) is 20.2 Å². The molecule has 0 radical (unpaired) electrons. The molecular weight excluding hydrogens is 318 g/mol. The van der Waals surface area contributed by atoms with Crippen molar-refractivity contribution in [1.29, 1.82) is 0 Å². The molecule has 0 spiro atoms. The fourth-order valence-electron chi connectivity index (χ4n) is 2.20. The molecule has 0 bridgehead atoms. The maximum absolute atomic E-state index is 12.0. The second-order valence-corrected chi connectivity index (χ2v) is 7.58. The summed E-state index contributed by atoms with van der Waals surface area (Å²) in [6.07, 6.45) is -1.22. The van der Waals surface area contributed by atoms with Gasteiger partial charge in [0.2, 0.25) is 9.05 Å². The van der Waals surface area contributed by atoms with Gasteiger partial charge >= 0.3 is 6.09 Å². The highest BCUT2D eigenvalue weighted by Gasteiger charge is 2.43. The van der Waals surface area contributed by atoms with E-state index in [0.29, 0.717) is 0 Å².